The smallest absolute Gasteiger partial charge is 0.321 e. The van der Waals surface area contributed by atoms with Gasteiger partial charge in [-0.25, -0.2) is 0 Å². The number of hydrogen-bond acceptors (Lipinski definition) is 2. The number of rotatable bonds is 3. The van der Waals surface area contributed by atoms with Gasteiger partial charge in [0.2, 0.25) is 0 Å². The van der Waals surface area contributed by atoms with Gasteiger partial charge in [0.05, 0.1) is 0 Å². The zero-order chi connectivity index (χ0) is 14.0. The third kappa shape index (κ3) is 2.23. The van der Waals surface area contributed by atoms with Crippen LogP contribution in [0.2, 0.25) is 0 Å². The predicted molar refractivity (Wildman–Crippen MR) is 69.9 cm³/mol. The van der Waals surface area contributed by atoms with Crippen LogP contribution in [0.5, 0.6) is 0 Å². The maximum absolute atomic E-state index is 11.6. The molecule has 2 atom stereocenters. The van der Waals surface area contributed by atoms with Crippen molar-refractivity contribution in [3.8, 4) is 0 Å². The van der Waals surface area contributed by atoms with E-state index in [1.807, 2.05) is 37.3 Å². The van der Waals surface area contributed by atoms with Crippen LogP contribution < -0.4 is 0 Å². The van der Waals surface area contributed by atoms with E-state index in [2.05, 4.69) is 0 Å². The Bertz CT molecular complexity index is 466. The molecule has 102 valence electrons. The summed E-state index contributed by atoms with van der Waals surface area (Å²) in [6, 6.07) is 9.14. The number of benzene rings is 1. The summed E-state index contributed by atoms with van der Waals surface area (Å²) in [5, 5.41) is 19.0. The Morgan fingerprint density at radius 1 is 1.16 bits per heavy atom. The van der Waals surface area contributed by atoms with Crippen LogP contribution in [0.4, 0.5) is 0 Å². The summed E-state index contributed by atoms with van der Waals surface area (Å²) in [7, 11) is 0. The van der Waals surface area contributed by atoms with Crippen molar-refractivity contribution in [1.29, 1.82) is 0 Å². The normalized spacial score (nSPS) is 25.7. The molecule has 0 saturated heterocycles. The Kier molecular flexibility index (Phi) is 3.60. The summed E-state index contributed by atoms with van der Waals surface area (Å²) in [5.41, 5.74) is -0.882. The van der Waals surface area contributed by atoms with E-state index < -0.39 is 23.3 Å². The minimum atomic E-state index is -1.69. The SMILES string of the molecule is CC1CCC(C(=O)O)(C(=O)O)C(c2ccccc2)C1. The maximum atomic E-state index is 11.6. The molecule has 19 heavy (non-hydrogen) atoms. The molecule has 0 aliphatic heterocycles. The second kappa shape index (κ2) is 5.03. The molecule has 4 heteroatoms. The van der Waals surface area contributed by atoms with E-state index in [0.29, 0.717) is 18.8 Å². The summed E-state index contributed by atoms with van der Waals surface area (Å²) < 4.78 is 0. The maximum Gasteiger partial charge on any atom is 0.321 e. The average Bonchev–Trinajstić information content (AvgIpc) is 2.39. The van der Waals surface area contributed by atoms with Crippen molar-refractivity contribution in [1.82, 2.24) is 0 Å². The topological polar surface area (TPSA) is 74.6 Å². The van der Waals surface area contributed by atoms with Gasteiger partial charge in [-0.2, -0.15) is 0 Å². The summed E-state index contributed by atoms with van der Waals surface area (Å²) in [5.74, 6) is -2.56. The van der Waals surface area contributed by atoms with Gasteiger partial charge < -0.3 is 10.2 Å². The Morgan fingerprint density at radius 2 is 1.74 bits per heavy atom. The van der Waals surface area contributed by atoms with Crippen molar-refractivity contribution < 1.29 is 19.8 Å². The van der Waals surface area contributed by atoms with Gasteiger partial charge in [0, 0.05) is 5.92 Å². The molecule has 0 bridgehead atoms. The van der Waals surface area contributed by atoms with Gasteiger partial charge in [-0.05, 0) is 30.7 Å². The van der Waals surface area contributed by atoms with Crippen molar-refractivity contribution in [2.45, 2.75) is 32.1 Å². The van der Waals surface area contributed by atoms with Gasteiger partial charge in [0.1, 0.15) is 0 Å². The lowest BCUT2D eigenvalue weighted by atomic mass is 9.61. The number of carboxylic acids is 2. The summed E-state index contributed by atoms with van der Waals surface area (Å²) in [6.45, 7) is 2.05. The highest BCUT2D eigenvalue weighted by atomic mass is 16.4. The van der Waals surface area contributed by atoms with Crippen molar-refractivity contribution in [3.05, 3.63) is 35.9 Å². The van der Waals surface area contributed by atoms with Gasteiger partial charge in [0.25, 0.3) is 0 Å². The van der Waals surface area contributed by atoms with Crippen LogP contribution >= 0.6 is 0 Å². The molecule has 1 aromatic carbocycles. The van der Waals surface area contributed by atoms with Crippen LogP contribution in [-0.2, 0) is 9.59 Å². The fourth-order valence-corrected chi connectivity index (χ4v) is 3.08. The van der Waals surface area contributed by atoms with E-state index in [1.54, 1.807) is 0 Å². The molecule has 0 heterocycles. The minimum Gasteiger partial charge on any atom is -0.480 e. The Morgan fingerprint density at radius 3 is 2.26 bits per heavy atom. The van der Waals surface area contributed by atoms with Gasteiger partial charge in [0.15, 0.2) is 5.41 Å². The number of carboxylic acid groups (broad SMARTS) is 2. The quantitative estimate of drug-likeness (QED) is 0.821. The molecule has 1 aliphatic carbocycles. The Labute approximate surface area is 112 Å². The summed E-state index contributed by atoms with van der Waals surface area (Å²) >= 11 is 0. The third-order valence-electron chi connectivity index (χ3n) is 4.23. The number of carbonyl (C=O) groups is 2. The molecule has 0 spiro atoms. The van der Waals surface area contributed by atoms with Crippen LogP contribution in [-0.4, -0.2) is 22.2 Å². The summed E-state index contributed by atoms with van der Waals surface area (Å²) in [4.78, 5) is 23.3. The van der Waals surface area contributed by atoms with Crippen molar-refractivity contribution in [2.24, 2.45) is 11.3 Å². The molecule has 4 nitrogen and oxygen atoms in total. The lowest BCUT2D eigenvalue weighted by Crippen LogP contribution is -2.47. The van der Waals surface area contributed by atoms with Crippen LogP contribution in [0.3, 0.4) is 0 Å². The molecule has 2 N–H and O–H groups in total. The first-order valence-electron chi connectivity index (χ1n) is 6.50. The van der Waals surface area contributed by atoms with Crippen molar-refractivity contribution in [3.63, 3.8) is 0 Å². The van der Waals surface area contributed by atoms with E-state index in [0.717, 1.165) is 5.56 Å². The largest absolute Gasteiger partial charge is 0.480 e. The molecular formula is C15H18O4. The average molecular weight is 262 g/mol. The van der Waals surface area contributed by atoms with E-state index in [-0.39, 0.29) is 6.42 Å². The molecule has 1 aromatic rings. The zero-order valence-electron chi connectivity index (χ0n) is 10.9. The molecule has 1 fully saturated rings. The van der Waals surface area contributed by atoms with Crippen LogP contribution in [0.1, 0.15) is 37.7 Å². The zero-order valence-corrected chi connectivity index (χ0v) is 10.9. The van der Waals surface area contributed by atoms with Crippen LogP contribution in [0.25, 0.3) is 0 Å². The minimum absolute atomic E-state index is 0.193. The number of hydrogen-bond donors (Lipinski definition) is 2. The van der Waals surface area contributed by atoms with Gasteiger partial charge in [-0.15, -0.1) is 0 Å². The van der Waals surface area contributed by atoms with Crippen molar-refractivity contribution in [2.75, 3.05) is 0 Å². The van der Waals surface area contributed by atoms with E-state index in [9.17, 15) is 19.8 Å². The predicted octanol–water partition coefficient (Wildman–Crippen LogP) is 2.75. The standard InChI is InChI=1S/C15H18O4/c1-10-7-8-15(13(16)17,14(18)19)12(9-10)11-5-3-2-4-6-11/h2-6,10,12H,7-9H2,1H3,(H,16,17)(H,18,19). The van der Waals surface area contributed by atoms with E-state index in [1.165, 1.54) is 0 Å². The first-order chi connectivity index (χ1) is 8.98. The molecule has 0 radical (unpaired) electrons. The highest BCUT2D eigenvalue weighted by Crippen LogP contribution is 2.49. The molecule has 0 aromatic heterocycles. The van der Waals surface area contributed by atoms with Gasteiger partial charge >= 0.3 is 11.9 Å². The molecule has 2 rings (SSSR count). The highest BCUT2D eigenvalue weighted by molar-refractivity contribution is 5.99. The van der Waals surface area contributed by atoms with E-state index >= 15 is 0 Å². The lowest BCUT2D eigenvalue weighted by molar-refractivity contribution is -0.169. The Balaban J connectivity index is 2.50. The molecule has 2 unspecified atom stereocenters. The molecular weight excluding hydrogens is 244 g/mol. The fraction of sp³-hybridized carbons (Fsp3) is 0.467. The Hall–Kier alpha value is -1.84. The first kappa shape index (κ1) is 13.6. The first-order valence-corrected chi connectivity index (χ1v) is 6.50. The highest BCUT2D eigenvalue weighted by Gasteiger charge is 2.55. The third-order valence-corrected chi connectivity index (χ3v) is 4.23. The van der Waals surface area contributed by atoms with Gasteiger partial charge in [-0.1, -0.05) is 37.3 Å². The fourth-order valence-electron chi connectivity index (χ4n) is 3.08. The second-order valence-electron chi connectivity index (χ2n) is 5.42. The van der Waals surface area contributed by atoms with Crippen LogP contribution in [0, 0.1) is 11.3 Å². The second-order valence-corrected chi connectivity index (χ2v) is 5.42. The monoisotopic (exact) mass is 262 g/mol. The molecule has 1 aliphatic rings. The lowest BCUT2D eigenvalue weighted by Gasteiger charge is -2.40. The van der Waals surface area contributed by atoms with Crippen LogP contribution in [0.15, 0.2) is 30.3 Å². The molecule has 1 saturated carbocycles. The van der Waals surface area contributed by atoms with Crippen molar-refractivity contribution >= 4 is 11.9 Å². The molecule has 0 amide bonds. The van der Waals surface area contributed by atoms with E-state index in [4.69, 9.17) is 0 Å². The van der Waals surface area contributed by atoms with Gasteiger partial charge in [-0.3, -0.25) is 9.59 Å². The number of aliphatic carboxylic acids is 2. The summed E-state index contributed by atoms with van der Waals surface area (Å²) in [6.07, 6.45) is 1.43.